The van der Waals surface area contributed by atoms with E-state index >= 15 is 0 Å². The molecular weight excluding hydrogens is 404 g/mol. The molecule has 2 aliphatic rings. The molecule has 0 spiro atoms. The summed E-state index contributed by atoms with van der Waals surface area (Å²) in [7, 11) is 2.14. The Hall–Kier alpha value is -3.52. The third kappa shape index (κ3) is 3.89. The van der Waals surface area contributed by atoms with Crippen LogP contribution in [-0.2, 0) is 30.8 Å². The maximum Gasteiger partial charge on any atom is 0.258 e. The number of nitrogens with zero attached hydrogens (tertiary/aromatic N) is 4. The van der Waals surface area contributed by atoms with Gasteiger partial charge in [-0.15, -0.1) is 0 Å². The number of aromatic nitrogens is 3. The van der Waals surface area contributed by atoms with E-state index in [-0.39, 0.29) is 18.3 Å². The Bertz CT molecular complexity index is 1210. The molecule has 5 rings (SSSR count). The van der Waals surface area contributed by atoms with Gasteiger partial charge >= 0.3 is 0 Å². The number of nitrogens with two attached hydrogens (primary N) is 1. The highest BCUT2D eigenvalue weighted by Crippen LogP contribution is 2.30. The molecule has 2 aromatic heterocycles. The van der Waals surface area contributed by atoms with Gasteiger partial charge in [0.15, 0.2) is 5.82 Å². The van der Waals surface area contributed by atoms with Gasteiger partial charge in [0.25, 0.3) is 5.88 Å². The number of nitrogens with one attached hydrogen (secondary N) is 1. The minimum Gasteiger partial charge on any atom is -0.470 e. The smallest absolute Gasteiger partial charge is 0.258 e. The predicted molar refractivity (Wildman–Crippen MR) is 122 cm³/mol. The molecule has 0 fully saturated rings. The van der Waals surface area contributed by atoms with E-state index in [1.54, 1.807) is 12.4 Å². The number of anilines is 2. The molecular formula is C24H26N6O2. The fourth-order valence-electron chi connectivity index (χ4n) is 4.47. The number of amides is 1. The third-order valence-corrected chi connectivity index (χ3v) is 6.19. The van der Waals surface area contributed by atoms with Crippen molar-refractivity contribution in [3.63, 3.8) is 0 Å². The van der Waals surface area contributed by atoms with E-state index in [1.807, 2.05) is 6.07 Å². The van der Waals surface area contributed by atoms with Gasteiger partial charge in [0.1, 0.15) is 12.4 Å². The van der Waals surface area contributed by atoms with Crippen LogP contribution in [0.2, 0.25) is 0 Å². The van der Waals surface area contributed by atoms with E-state index in [0.717, 1.165) is 41.9 Å². The largest absolute Gasteiger partial charge is 0.470 e. The molecule has 32 heavy (non-hydrogen) atoms. The normalized spacial score (nSPS) is 15.6. The van der Waals surface area contributed by atoms with Crippen LogP contribution in [0.25, 0.3) is 11.3 Å². The van der Waals surface area contributed by atoms with E-state index in [1.165, 1.54) is 16.7 Å². The van der Waals surface area contributed by atoms with Crippen LogP contribution in [-0.4, -0.2) is 39.4 Å². The second-order valence-corrected chi connectivity index (χ2v) is 8.50. The van der Waals surface area contributed by atoms with E-state index in [9.17, 15) is 4.79 Å². The molecule has 0 bridgehead atoms. The van der Waals surface area contributed by atoms with Crippen molar-refractivity contribution in [3.05, 3.63) is 58.4 Å². The van der Waals surface area contributed by atoms with Crippen molar-refractivity contribution in [2.45, 2.75) is 39.3 Å². The van der Waals surface area contributed by atoms with E-state index < -0.39 is 0 Å². The summed E-state index contributed by atoms with van der Waals surface area (Å²) in [6, 6.07) is 6.26. The summed E-state index contributed by atoms with van der Waals surface area (Å²) in [5, 5.41) is 2.81. The van der Waals surface area contributed by atoms with Crippen molar-refractivity contribution in [1.29, 1.82) is 0 Å². The van der Waals surface area contributed by atoms with E-state index in [4.69, 9.17) is 10.5 Å². The highest BCUT2D eigenvalue weighted by atomic mass is 16.5. The van der Waals surface area contributed by atoms with Crippen molar-refractivity contribution in [3.8, 4) is 17.1 Å². The summed E-state index contributed by atoms with van der Waals surface area (Å²) < 4.78 is 5.99. The number of nitrogen functional groups attached to an aromatic ring is 1. The fourth-order valence-corrected chi connectivity index (χ4v) is 4.47. The molecule has 3 N–H and O–H groups in total. The Morgan fingerprint density at radius 1 is 1.19 bits per heavy atom. The second kappa shape index (κ2) is 8.20. The first-order valence-corrected chi connectivity index (χ1v) is 10.8. The molecule has 0 unspecified atom stereocenters. The Morgan fingerprint density at radius 2 is 2.06 bits per heavy atom. The van der Waals surface area contributed by atoms with Crippen molar-refractivity contribution >= 4 is 17.5 Å². The molecule has 1 aromatic carbocycles. The molecule has 8 heteroatoms. The summed E-state index contributed by atoms with van der Waals surface area (Å²) in [5.74, 6) is 1.14. The Balaban J connectivity index is 1.41. The van der Waals surface area contributed by atoms with Gasteiger partial charge in [0, 0.05) is 36.8 Å². The Labute approximate surface area is 186 Å². The number of rotatable bonds is 4. The minimum absolute atomic E-state index is 0.0163. The first-order chi connectivity index (χ1) is 15.5. The van der Waals surface area contributed by atoms with Crippen LogP contribution < -0.4 is 15.8 Å². The fraction of sp³-hybridized carbons (Fsp3) is 0.333. The van der Waals surface area contributed by atoms with Crippen molar-refractivity contribution in [2.24, 2.45) is 0 Å². The Kier molecular flexibility index (Phi) is 5.22. The van der Waals surface area contributed by atoms with Crippen LogP contribution in [0.5, 0.6) is 5.88 Å². The number of hydrogen-bond acceptors (Lipinski definition) is 7. The summed E-state index contributed by atoms with van der Waals surface area (Å²) >= 11 is 0. The zero-order chi connectivity index (χ0) is 22.2. The maximum atomic E-state index is 11.6. The van der Waals surface area contributed by atoms with Gasteiger partial charge in [-0.1, -0.05) is 0 Å². The summed E-state index contributed by atoms with van der Waals surface area (Å²) in [6.45, 7) is 4.44. The lowest BCUT2D eigenvalue weighted by molar-refractivity contribution is -0.116. The molecule has 164 valence electrons. The molecule has 0 saturated heterocycles. The molecule has 8 nitrogen and oxygen atoms in total. The van der Waals surface area contributed by atoms with Crippen molar-refractivity contribution in [1.82, 2.24) is 19.9 Å². The van der Waals surface area contributed by atoms with Crippen molar-refractivity contribution in [2.75, 3.05) is 24.6 Å². The number of fused-ring (bicyclic) bond motifs is 2. The zero-order valence-corrected chi connectivity index (χ0v) is 18.3. The maximum absolute atomic E-state index is 11.6. The number of pyridine rings is 1. The number of aryl methyl sites for hydroxylation is 1. The second-order valence-electron chi connectivity index (χ2n) is 8.50. The van der Waals surface area contributed by atoms with Crippen LogP contribution in [0.3, 0.4) is 0 Å². The van der Waals surface area contributed by atoms with Gasteiger partial charge < -0.3 is 20.7 Å². The third-order valence-electron chi connectivity index (χ3n) is 6.19. The number of ether oxygens (including phenoxy) is 1. The lowest BCUT2D eigenvalue weighted by atomic mass is 9.92. The summed E-state index contributed by atoms with van der Waals surface area (Å²) in [4.78, 5) is 27.2. The lowest BCUT2D eigenvalue weighted by Crippen LogP contribution is -2.27. The van der Waals surface area contributed by atoms with Gasteiger partial charge in [0.05, 0.1) is 11.9 Å². The lowest BCUT2D eigenvalue weighted by Gasteiger charge is -2.27. The molecule has 3 aromatic rings. The SMILES string of the molecule is Cc1cc(-c2cnc(N)c(OCc3ccnc4c3CCC(=O)N4)n2)cc2c1CCN(C)C2. The molecule has 0 aliphatic carbocycles. The number of likely N-dealkylation sites (N-methyl/N-ethyl adjacent to an activating group) is 1. The topological polar surface area (TPSA) is 106 Å². The summed E-state index contributed by atoms with van der Waals surface area (Å²) in [6.07, 6.45) is 5.51. The minimum atomic E-state index is -0.0163. The van der Waals surface area contributed by atoms with E-state index in [2.05, 4.69) is 51.3 Å². The first kappa shape index (κ1) is 20.4. The van der Waals surface area contributed by atoms with Gasteiger partial charge in [-0.05, 0) is 67.3 Å². The monoisotopic (exact) mass is 430 g/mol. The summed E-state index contributed by atoms with van der Waals surface area (Å²) in [5.41, 5.74) is 13.8. The van der Waals surface area contributed by atoms with Crippen LogP contribution in [0.15, 0.2) is 30.6 Å². The van der Waals surface area contributed by atoms with Crippen LogP contribution >= 0.6 is 0 Å². The van der Waals surface area contributed by atoms with E-state index in [0.29, 0.717) is 24.5 Å². The molecule has 2 aliphatic heterocycles. The average molecular weight is 431 g/mol. The van der Waals surface area contributed by atoms with Gasteiger partial charge in [-0.2, -0.15) is 0 Å². The van der Waals surface area contributed by atoms with Crippen LogP contribution in [0, 0.1) is 6.92 Å². The molecule has 0 atom stereocenters. The number of benzene rings is 1. The number of hydrogen-bond donors (Lipinski definition) is 2. The number of carbonyl (C=O) groups is 1. The standard InChI is InChI=1S/C24H26N6O2/c1-14-9-16(10-17-12-30(2)8-6-18(14)17)20-11-27-22(25)24(28-20)32-13-15-5-7-26-23-19(15)3-4-21(31)29-23/h5,7,9-11H,3-4,6,8,12-13H2,1-2H3,(H2,25,27)(H,26,29,31). The van der Waals surface area contributed by atoms with Gasteiger partial charge in [0.2, 0.25) is 5.91 Å². The van der Waals surface area contributed by atoms with Crippen molar-refractivity contribution < 1.29 is 9.53 Å². The molecule has 4 heterocycles. The zero-order valence-electron chi connectivity index (χ0n) is 18.3. The van der Waals surface area contributed by atoms with Crippen LogP contribution in [0.4, 0.5) is 11.6 Å². The molecule has 0 saturated carbocycles. The average Bonchev–Trinajstić information content (AvgIpc) is 2.78. The first-order valence-electron chi connectivity index (χ1n) is 10.8. The van der Waals surface area contributed by atoms with Crippen LogP contribution in [0.1, 0.15) is 34.2 Å². The van der Waals surface area contributed by atoms with Gasteiger partial charge in [-0.3, -0.25) is 4.79 Å². The molecule has 0 radical (unpaired) electrons. The highest BCUT2D eigenvalue weighted by molar-refractivity contribution is 5.92. The Morgan fingerprint density at radius 3 is 2.94 bits per heavy atom. The highest BCUT2D eigenvalue weighted by Gasteiger charge is 2.20. The number of carbonyl (C=O) groups excluding carboxylic acids is 1. The predicted octanol–water partition coefficient (Wildman–Crippen LogP) is 2.88. The quantitative estimate of drug-likeness (QED) is 0.655. The molecule has 1 amide bonds. The van der Waals surface area contributed by atoms with Gasteiger partial charge in [-0.25, -0.2) is 15.0 Å².